The normalized spacial score (nSPS) is 11.6. The van der Waals surface area contributed by atoms with Crippen molar-refractivity contribution in [3.05, 3.63) is 81.1 Å². The number of nitrogens with zero attached hydrogens (tertiary/aromatic N) is 4. The van der Waals surface area contributed by atoms with E-state index in [1.807, 2.05) is 0 Å². The molecule has 3 rings (SSSR count). The lowest BCUT2D eigenvalue weighted by Gasteiger charge is -2.16. The minimum atomic E-state index is -0.503. The predicted octanol–water partition coefficient (Wildman–Crippen LogP) is 5.55. The van der Waals surface area contributed by atoms with Crippen LogP contribution in [-0.2, 0) is 11.3 Å². The SMILES string of the molecule is C=CCn1c(SCC(=O)Nc2ccc([N+](=O)[O-])cc2)nnc1C(C)Oc1cc(Cl)ccc1Cl. The van der Waals surface area contributed by atoms with Crippen molar-refractivity contribution in [1.82, 2.24) is 14.8 Å². The Labute approximate surface area is 203 Å². The Morgan fingerprint density at radius 1 is 1.30 bits per heavy atom. The third-order valence-corrected chi connectivity index (χ3v) is 5.83. The Bertz CT molecular complexity index is 1170. The molecule has 0 aliphatic heterocycles. The molecule has 0 fully saturated rings. The number of aromatic nitrogens is 3. The van der Waals surface area contributed by atoms with Crippen LogP contribution < -0.4 is 10.1 Å². The van der Waals surface area contributed by atoms with Crippen LogP contribution in [-0.4, -0.2) is 31.3 Å². The van der Waals surface area contributed by atoms with E-state index in [-0.39, 0.29) is 17.3 Å². The van der Waals surface area contributed by atoms with Gasteiger partial charge in [-0.25, -0.2) is 0 Å². The molecule has 1 atom stereocenters. The van der Waals surface area contributed by atoms with E-state index in [2.05, 4.69) is 22.1 Å². The molecule has 0 saturated carbocycles. The number of hydrogen-bond acceptors (Lipinski definition) is 7. The number of anilines is 1. The number of ether oxygens (including phenoxy) is 1. The fraction of sp³-hybridized carbons (Fsp3) is 0.190. The van der Waals surface area contributed by atoms with Crippen LogP contribution in [0.4, 0.5) is 11.4 Å². The molecule has 33 heavy (non-hydrogen) atoms. The molecule has 12 heteroatoms. The van der Waals surface area contributed by atoms with Gasteiger partial charge in [-0.1, -0.05) is 41.0 Å². The molecule has 2 aromatic carbocycles. The Balaban J connectivity index is 1.67. The molecule has 1 unspecified atom stereocenters. The van der Waals surface area contributed by atoms with Gasteiger partial charge in [-0.05, 0) is 31.2 Å². The molecule has 0 bridgehead atoms. The Kier molecular flexibility index (Phi) is 8.32. The molecular formula is C21H19Cl2N5O4S. The number of benzene rings is 2. The molecule has 1 heterocycles. The quantitative estimate of drug-likeness (QED) is 0.165. The fourth-order valence-corrected chi connectivity index (χ4v) is 3.89. The van der Waals surface area contributed by atoms with Crippen molar-refractivity contribution in [3.8, 4) is 5.75 Å². The highest BCUT2D eigenvalue weighted by Crippen LogP contribution is 2.32. The third-order valence-electron chi connectivity index (χ3n) is 4.31. The number of hydrogen-bond donors (Lipinski definition) is 1. The second-order valence-corrected chi connectivity index (χ2v) is 8.50. The monoisotopic (exact) mass is 507 g/mol. The zero-order valence-corrected chi connectivity index (χ0v) is 19.7. The van der Waals surface area contributed by atoms with E-state index in [1.54, 1.807) is 35.8 Å². The summed E-state index contributed by atoms with van der Waals surface area (Å²) in [4.78, 5) is 22.6. The summed E-state index contributed by atoms with van der Waals surface area (Å²) in [5, 5.41) is 23.2. The number of non-ortho nitro benzene ring substituents is 1. The minimum absolute atomic E-state index is 0.0529. The molecule has 172 valence electrons. The van der Waals surface area contributed by atoms with Gasteiger partial charge in [0.1, 0.15) is 5.75 Å². The van der Waals surface area contributed by atoms with Gasteiger partial charge in [-0.2, -0.15) is 0 Å². The number of halogens is 2. The molecular weight excluding hydrogens is 489 g/mol. The summed E-state index contributed by atoms with van der Waals surface area (Å²) in [6.07, 6.45) is 1.18. The van der Waals surface area contributed by atoms with Crippen molar-refractivity contribution in [2.45, 2.75) is 24.7 Å². The second kappa shape index (κ2) is 11.2. The van der Waals surface area contributed by atoms with E-state index in [4.69, 9.17) is 27.9 Å². The van der Waals surface area contributed by atoms with Crippen molar-refractivity contribution in [2.75, 3.05) is 11.1 Å². The molecule has 0 aliphatic carbocycles. The van der Waals surface area contributed by atoms with E-state index < -0.39 is 11.0 Å². The number of thioether (sulfide) groups is 1. The minimum Gasteiger partial charge on any atom is -0.481 e. The van der Waals surface area contributed by atoms with Crippen molar-refractivity contribution in [1.29, 1.82) is 0 Å². The summed E-state index contributed by atoms with van der Waals surface area (Å²) in [6, 6.07) is 10.5. The van der Waals surface area contributed by atoms with Crippen LogP contribution in [0.25, 0.3) is 0 Å². The Morgan fingerprint density at radius 3 is 2.70 bits per heavy atom. The maximum Gasteiger partial charge on any atom is 0.269 e. The van der Waals surface area contributed by atoms with Gasteiger partial charge < -0.3 is 10.1 Å². The number of amides is 1. The molecule has 0 saturated heterocycles. The number of nitro benzene ring substituents is 1. The third kappa shape index (κ3) is 6.47. The zero-order valence-electron chi connectivity index (χ0n) is 17.4. The maximum absolute atomic E-state index is 12.3. The highest BCUT2D eigenvalue weighted by molar-refractivity contribution is 7.99. The van der Waals surface area contributed by atoms with Gasteiger partial charge in [0.05, 0.1) is 15.7 Å². The van der Waals surface area contributed by atoms with E-state index in [1.165, 1.54) is 36.0 Å². The van der Waals surface area contributed by atoms with Gasteiger partial charge in [-0.3, -0.25) is 19.5 Å². The average molecular weight is 508 g/mol. The maximum atomic E-state index is 12.3. The first-order valence-corrected chi connectivity index (χ1v) is 11.4. The number of nitrogens with one attached hydrogen (secondary N) is 1. The van der Waals surface area contributed by atoms with Crippen LogP contribution in [0.1, 0.15) is 18.9 Å². The summed E-state index contributed by atoms with van der Waals surface area (Å²) in [5.41, 5.74) is 0.405. The molecule has 0 spiro atoms. The number of allylic oxidation sites excluding steroid dienone is 1. The van der Waals surface area contributed by atoms with Crippen molar-refractivity contribution >= 4 is 52.2 Å². The molecule has 1 amide bonds. The predicted molar refractivity (Wildman–Crippen MR) is 128 cm³/mol. The number of nitro groups is 1. The number of rotatable bonds is 10. The van der Waals surface area contributed by atoms with Gasteiger partial charge in [0.25, 0.3) is 5.69 Å². The van der Waals surface area contributed by atoms with Gasteiger partial charge in [0, 0.05) is 35.5 Å². The first-order valence-electron chi connectivity index (χ1n) is 9.61. The summed E-state index contributed by atoms with van der Waals surface area (Å²) in [5.74, 6) is 0.714. The van der Waals surface area contributed by atoms with E-state index in [0.29, 0.717) is 39.0 Å². The van der Waals surface area contributed by atoms with Crippen LogP contribution >= 0.6 is 35.0 Å². The smallest absolute Gasteiger partial charge is 0.269 e. The van der Waals surface area contributed by atoms with Gasteiger partial charge in [0.15, 0.2) is 17.1 Å². The first kappa shape index (κ1) is 24.6. The van der Waals surface area contributed by atoms with E-state index >= 15 is 0 Å². The van der Waals surface area contributed by atoms with Crippen LogP contribution in [0.3, 0.4) is 0 Å². The Morgan fingerprint density at radius 2 is 2.03 bits per heavy atom. The van der Waals surface area contributed by atoms with Gasteiger partial charge >= 0.3 is 0 Å². The molecule has 0 radical (unpaired) electrons. The summed E-state index contributed by atoms with van der Waals surface area (Å²) in [6.45, 7) is 5.98. The molecule has 0 aliphatic rings. The summed E-state index contributed by atoms with van der Waals surface area (Å²) in [7, 11) is 0. The van der Waals surface area contributed by atoms with Gasteiger partial charge in [-0.15, -0.1) is 16.8 Å². The van der Waals surface area contributed by atoms with Gasteiger partial charge in [0.2, 0.25) is 5.91 Å². The summed E-state index contributed by atoms with van der Waals surface area (Å²) < 4.78 is 7.72. The lowest BCUT2D eigenvalue weighted by molar-refractivity contribution is -0.384. The van der Waals surface area contributed by atoms with Crippen LogP contribution in [0.15, 0.2) is 60.3 Å². The standard InChI is InChI=1S/C21H19Cl2N5O4S/c1-3-10-27-20(13(2)32-18-11-14(22)4-9-17(18)23)25-26-21(27)33-12-19(29)24-15-5-7-16(8-6-15)28(30)31/h3-9,11,13H,1,10,12H2,2H3,(H,24,29). The molecule has 1 aromatic heterocycles. The number of carbonyl (C=O) groups excluding carboxylic acids is 1. The van der Waals surface area contributed by atoms with Crippen molar-refractivity contribution in [2.24, 2.45) is 0 Å². The van der Waals surface area contributed by atoms with E-state index in [0.717, 1.165) is 0 Å². The average Bonchev–Trinajstić information content (AvgIpc) is 3.18. The molecule has 1 N–H and O–H groups in total. The number of carbonyl (C=O) groups is 1. The zero-order chi connectivity index (χ0) is 24.0. The Hall–Kier alpha value is -3.08. The largest absolute Gasteiger partial charge is 0.481 e. The van der Waals surface area contributed by atoms with Crippen molar-refractivity contribution < 1.29 is 14.5 Å². The summed E-state index contributed by atoms with van der Waals surface area (Å²) >= 11 is 13.4. The lowest BCUT2D eigenvalue weighted by atomic mass is 10.3. The first-order chi connectivity index (χ1) is 15.8. The lowest BCUT2D eigenvalue weighted by Crippen LogP contribution is -2.15. The van der Waals surface area contributed by atoms with Crippen LogP contribution in [0, 0.1) is 10.1 Å². The van der Waals surface area contributed by atoms with Crippen LogP contribution in [0.5, 0.6) is 5.75 Å². The highest BCUT2D eigenvalue weighted by atomic mass is 35.5. The molecule has 9 nitrogen and oxygen atoms in total. The van der Waals surface area contributed by atoms with E-state index in [9.17, 15) is 14.9 Å². The topological polar surface area (TPSA) is 112 Å². The fourth-order valence-electron chi connectivity index (χ4n) is 2.81. The van der Waals surface area contributed by atoms with Crippen LogP contribution in [0.2, 0.25) is 10.0 Å². The molecule has 3 aromatic rings. The highest BCUT2D eigenvalue weighted by Gasteiger charge is 2.21. The second-order valence-electron chi connectivity index (χ2n) is 6.72. The van der Waals surface area contributed by atoms with Crippen molar-refractivity contribution in [3.63, 3.8) is 0 Å².